The van der Waals surface area contributed by atoms with Gasteiger partial charge in [0.2, 0.25) is 0 Å². The van der Waals surface area contributed by atoms with Gasteiger partial charge in [-0.15, -0.1) is 11.3 Å². The van der Waals surface area contributed by atoms with Crippen LogP contribution in [0.5, 0.6) is 0 Å². The second-order valence-corrected chi connectivity index (χ2v) is 13.1. The minimum absolute atomic E-state index is 0.0458. The lowest BCUT2D eigenvalue weighted by atomic mass is 9.86. The van der Waals surface area contributed by atoms with Gasteiger partial charge >= 0.3 is 0 Å². The summed E-state index contributed by atoms with van der Waals surface area (Å²) < 4.78 is 27.5. The maximum Gasteiger partial charge on any atom is 0.261 e. The first-order valence-corrected chi connectivity index (χ1v) is 14.1. The molecule has 1 saturated carbocycles. The first kappa shape index (κ1) is 23.3. The molecule has 1 spiro atoms. The van der Waals surface area contributed by atoms with Gasteiger partial charge in [0.25, 0.3) is 5.91 Å². The molecule has 1 saturated heterocycles. The lowest BCUT2D eigenvalue weighted by molar-refractivity contribution is 0.0955. The summed E-state index contributed by atoms with van der Waals surface area (Å²) in [5, 5.41) is 19.3. The minimum Gasteiger partial charge on any atom is -0.362 e. The number of sulfone groups is 1. The molecule has 3 aromatic rings. The standard InChI is InChI=1S/C23H26ClN5O3S2/c1-22(14-34(31,32)23(21(25)28-22)8-4-2-5-9-23)19-16(24)11-18(33-19)20(30)26-12-15-13-27-29-10-6-3-7-17(15)29/h3,6-7,10-11,13H,2,4-5,8-9,12,14H2,1H3,(H2,25,28)(H,26,30)/t22-/m0/s1. The summed E-state index contributed by atoms with van der Waals surface area (Å²) in [7, 11) is -3.59. The molecule has 1 amide bonds. The number of carbonyl (C=O) groups excluding carboxylic acids is 1. The number of halogens is 1. The highest BCUT2D eigenvalue weighted by Crippen LogP contribution is 2.45. The highest BCUT2D eigenvalue weighted by Gasteiger charge is 2.56. The van der Waals surface area contributed by atoms with Crippen LogP contribution in [0.3, 0.4) is 0 Å². The second kappa shape index (κ2) is 8.35. The number of thiophene rings is 1. The summed E-state index contributed by atoms with van der Waals surface area (Å²) in [5.41, 5.74) is 0.725. The Morgan fingerprint density at radius 1 is 1.32 bits per heavy atom. The Bertz CT molecular complexity index is 1390. The number of fused-ring (bicyclic) bond motifs is 1. The monoisotopic (exact) mass is 519 g/mol. The third kappa shape index (κ3) is 3.72. The third-order valence-corrected chi connectivity index (χ3v) is 11.5. The van der Waals surface area contributed by atoms with E-state index in [2.05, 4.69) is 15.7 Å². The van der Waals surface area contributed by atoms with Crippen molar-refractivity contribution in [2.45, 2.75) is 55.9 Å². The molecule has 1 aliphatic heterocycles. The number of rotatable bonds is 4. The Morgan fingerprint density at radius 2 is 2.09 bits per heavy atom. The molecule has 0 aromatic carbocycles. The van der Waals surface area contributed by atoms with Gasteiger partial charge < -0.3 is 10.6 Å². The second-order valence-electron chi connectivity index (χ2n) is 9.32. The topological polar surface area (TPSA) is 116 Å². The Hall–Kier alpha value is -2.43. The molecule has 3 aromatic heterocycles. The number of amides is 1. The third-order valence-electron chi connectivity index (χ3n) is 6.95. The number of hydrogen-bond donors (Lipinski definition) is 3. The van der Waals surface area contributed by atoms with Crippen molar-refractivity contribution >= 4 is 50.0 Å². The summed E-state index contributed by atoms with van der Waals surface area (Å²) in [6, 6.07) is 7.29. The number of carbonyl (C=O) groups is 1. The van der Waals surface area contributed by atoms with Crippen LogP contribution in [0, 0.1) is 5.41 Å². The smallest absolute Gasteiger partial charge is 0.261 e. The van der Waals surface area contributed by atoms with Crippen LogP contribution in [-0.2, 0) is 21.9 Å². The fraction of sp³-hybridized carbons (Fsp3) is 0.435. The van der Waals surface area contributed by atoms with E-state index >= 15 is 0 Å². The van der Waals surface area contributed by atoms with E-state index in [1.807, 2.05) is 24.4 Å². The molecule has 180 valence electrons. The average molecular weight is 520 g/mol. The van der Waals surface area contributed by atoms with Gasteiger partial charge in [0, 0.05) is 18.3 Å². The molecule has 2 fully saturated rings. The quantitative estimate of drug-likeness (QED) is 0.483. The molecule has 1 atom stereocenters. The molecule has 2 aliphatic rings. The van der Waals surface area contributed by atoms with Crippen molar-refractivity contribution in [3.05, 3.63) is 57.0 Å². The number of amidine groups is 1. The van der Waals surface area contributed by atoms with Gasteiger partial charge in [-0.1, -0.05) is 36.9 Å². The molecule has 3 N–H and O–H groups in total. The van der Waals surface area contributed by atoms with Gasteiger partial charge in [-0.25, -0.2) is 12.9 Å². The number of nitrogens with zero attached hydrogens (tertiary/aromatic N) is 2. The van der Waals surface area contributed by atoms with Crippen LogP contribution in [0.1, 0.15) is 59.1 Å². The van der Waals surface area contributed by atoms with Crippen molar-refractivity contribution < 1.29 is 13.2 Å². The van der Waals surface area contributed by atoms with Crippen molar-refractivity contribution in [1.29, 1.82) is 5.41 Å². The van der Waals surface area contributed by atoms with Crippen molar-refractivity contribution in [3.63, 3.8) is 0 Å². The Labute approximate surface area is 207 Å². The number of hydrogen-bond acceptors (Lipinski definition) is 6. The molecule has 4 heterocycles. The lowest BCUT2D eigenvalue weighted by Crippen LogP contribution is -2.66. The molecule has 0 radical (unpaired) electrons. The lowest BCUT2D eigenvalue weighted by Gasteiger charge is -2.47. The van der Waals surface area contributed by atoms with Crippen LogP contribution in [0.4, 0.5) is 0 Å². The highest BCUT2D eigenvalue weighted by atomic mass is 35.5. The van der Waals surface area contributed by atoms with Gasteiger partial charge in [-0.05, 0) is 38.0 Å². The highest BCUT2D eigenvalue weighted by molar-refractivity contribution is 7.93. The van der Waals surface area contributed by atoms with Crippen molar-refractivity contribution in [3.8, 4) is 0 Å². The first-order valence-electron chi connectivity index (χ1n) is 11.2. The van der Waals surface area contributed by atoms with Gasteiger partial charge in [0.1, 0.15) is 10.6 Å². The Balaban J connectivity index is 1.36. The minimum atomic E-state index is -3.59. The fourth-order valence-corrected chi connectivity index (χ4v) is 9.33. The SMILES string of the molecule is C[C@@]1(c2sc(C(=O)NCc3cnn4ccccc34)cc2Cl)CS(=O)(=O)C2(CCCCC2)C(=N)N1. The van der Waals surface area contributed by atoms with E-state index in [9.17, 15) is 13.2 Å². The summed E-state index contributed by atoms with van der Waals surface area (Å²) >= 11 is 7.68. The van der Waals surface area contributed by atoms with Crippen molar-refractivity contribution in [2.75, 3.05) is 5.75 Å². The maximum atomic E-state index is 13.4. The van der Waals surface area contributed by atoms with Crippen LogP contribution < -0.4 is 10.6 Å². The van der Waals surface area contributed by atoms with E-state index in [4.69, 9.17) is 17.0 Å². The zero-order chi connectivity index (χ0) is 24.1. The first-order chi connectivity index (χ1) is 16.2. The Kier molecular flexibility index (Phi) is 5.73. The number of nitrogens with one attached hydrogen (secondary N) is 3. The summed E-state index contributed by atoms with van der Waals surface area (Å²) in [5.74, 6) is -0.412. The zero-order valence-corrected chi connectivity index (χ0v) is 21.1. The van der Waals surface area contributed by atoms with E-state index in [1.165, 1.54) is 0 Å². The van der Waals surface area contributed by atoms with Crippen molar-refractivity contribution in [1.82, 2.24) is 20.2 Å². The van der Waals surface area contributed by atoms with Crippen LogP contribution in [0.15, 0.2) is 36.7 Å². The number of aromatic nitrogens is 2. The van der Waals surface area contributed by atoms with E-state index in [-0.39, 0.29) is 17.5 Å². The molecule has 1 aliphatic carbocycles. The van der Waals surface area contributed by atoms with E-state index in [1.54, 1.807) is 23.7 Å². The van der Waals surface area contributed by atoms with Crippen molar-refractivity contribution in [2.24, 2.45) is 0 Å². The molecule has 0 bridgehead atoms. The number of pyridine rings is 1. The molecule has 34 heavy (non-hydrogen) atoms. The molecular weight excluding hydrogens is 494 g/mol. The van der Waals surface area contributed by atoms with Gasteiger partial charge in [-0.2, -0.15) is 5.10 Å². The van der Waals surface area contributed by atoms with Crippen LogP contribution in [-0.4, -0.2) is 40.3 Å². The molecule has 5 rings (SSSR count). The van der Waals surface area contributed by atoms with Crippen LogP contribution in [0.2, 0.25) is 5.02 Å². The molecule has 0 unspecified atom stereocenters. The van der Waals surface area contributed by atoms with Gasteiger partial charge in [0.15, 0.2) is 9.84 Å². The van der Waals surface area contributed by atoms with Gasteiger partial charge in [-0.3, -0.25) is 10.2 Å². The Morgan fingerprint density at radius 3 is 2.82 bits per heavy atom. The van der Waals surface area contributed by atoms with E-state index in [0.29, 0.717) is 34.2 Å². The average Bonchev–Trinajstić information content (AvgIpc) is 3.40. The normalized spacial score (nSPS) is 23.6. The summed E-state index contributed by atoms with van der Waals surface area (Å²) in [6.07, 6.45) is 7.11. The maximum absolute atomic E-state index is 13.4. The molecule has 8 nitrogen and oxygen atoms in total. The predicted octanol–water partition coefficient (Wildman–Crippen LogP) is 3.89. The molecule has 11 heteroatoms. The summed E-state index contributed by atoms with van der Waals surface area (Å²) in [6.45, 7) is 2.04. The zero-order valence-electron chi connectivity index (χ0n) is 18.7. The largest absolute Gasteiger partial charge is 0.362 e. The predicted molar refractivity (Wildman–Crippen MR) is 134 cm³/mol. The van der Waals surface area contributed by atoms with Gasteiger partial charge in [0.05, 0.1) is 37.8 Å². The van der Waals surface area contributed by atoms with E-state index in [0.717, 1.165) is 41.7 Å². The van der Waals surface area contributed by atoms with E-state index < -0.39 is 20.1 Å². The van der Waals surface area contributed by atoms with Crippen LogP contribution >= 0.6 is 22.9 Å². The fourth-order valence-electron chi connectivity index (χ4n) is 5.15. The summed E-state index contributed by atoms with van der Waals surface area (Å²) in [4.78, 5) is 13.8. The van der Waals surface area contributed by atoms with Crippen LogP contribution in [0.25, 0.3) is 5.52 Å². The molecular formula is C23H26ClN5O3S2.